The van der Waals surface area contributed by atoms with Gasteiger partial charge in [-0.1, -0.05) is 6.07 Å². The predicted octanol–water partition coefficient (Wildman–Crippen LogP) is 2.72. The minimum Gasteiger partial charge on any atom is -0.374 e. The Bertz CT molecular complexity index is 656. The van der Waals surface area contributed by atoms with E-state index < -0.39 is 4.92 Å². The molecular formula is C14H13N3O3. The number of anilines is 1. The number of aromatic nitrogens is 1. The first kappa shape index (κ1) is 13.7. The molecule has 0 amide bonds. The average Bonchev–Trinajstić information content (AvgIpc) is 2.45. The van der Waals surface area contributed by atoms with Gasteiger partial charge in [0.25, 0.3) is 5.69 Å². The molecule has 0 radical (unpaired) electrons. The Hall–Kier alpha value is -2.76. The predicted molar refractivity (Wildman–Crippen MR) is 74.8 cm³/mol. The highest BCUT2D eigenvalue weighted by Gasteiger charge is 2.14. The molecule has 0 atom stereocenters. The van der Waals surface area contributed by atoms with Crippen LogP contribution in [0.4, 0.5) is 11.4 Å². The minimum atomic E-state index is -0.515. The molecule has 0 aliphatic rings. The monoisotopic (exact) mass is 271 g/mol. The molecular weight excluding hydrogens is 258 g/mol. The summed E-state index contributed by atoms with van der Waals surface area (Å²) in [5, 5.41) is 14.0. The molecule has 0 aliphatic carbocycles. The quantitative estimate of drug-likeness (QED) is 0.513. The van der Waals surface area contributed by atoms with E-state index in [-0.39, 0.29) is 11.3 Å². The standard InChI is InChI=1S/C14H13N3O3/c1-10-3-2-4-12(16-10)8-15-13-6-5-11(9-18)7-14(13)17(19)20/h2-7,9,15H,8H2,1H3. The summed E-state index contributed by atoms with van der Waals surface area (Å²) in [4.78, 5) is 25.4. The Labute approximate surface area is 115 Å². The highest BCUT2D eigenvalue weighted by atomic mass is 16.6. The first-order chi connectivity index (χ1) is 9.60. The van der Waals surface area contributed by atoms with Crippen molar-refractivity contribution in [2.75, 3.05) is 5.32 Å². The molecule has 0 saturated heterocycles. The lowest BCUT2D eigenvalue weighted by molar-refractivity contribution is -0.384. The van der Waals surface area contributed by atoms with Crippen LogP contribution in [0.3, 0.4) is 0 Å². The van der Waals surface area contributed by atoms with Gasteiger partial charge in [0.1, 0.15) is 12.0 Å². The second kappa shape index (κ2) is 5.92. The van der Waals surface area contributed by atoms with E-state index in [1.165, 1.54) is 18.2 Å². The second-order valence-corrected chi connectivity index (χ2v) is 4.28. The summed E-state index contributed by atoms with van der Waals surface area (Å²) in [7, 11) is 0. The minimum absolute atomic E-state index is 0.123. The highest BCUT2D eigenvalue weighted by Crippen LogP contribution is 2.25. The molecule has 2 aromatic rings. The number of nitrogens with one attached hydrogen (secondary N) is 1. The Balaban J connectivity index is 2.20. The third-order valence-electron chi connectivity index (χ3n) is 2.76. The normalized spacial score (nSPS) is 10.1. The summed E-state index contributed by atoms with van der Waals surface area (Å²) in [6, 6.07) is 9.91. The number of hydrogen-bond acceptors (Lipinski definition) is 5. The summed E-state index contributed by atoms with van der Waals surface area (Å²) in [5.41, 5.74) is 2.19. The Kier molecular flexibility index (Phi) is 4.05. The summed E-state index contributed by atoms with van der Waals surface area (Å²) in [6.07, 6.45) is 0.582. The summed E-state index contributed by atoms with van der Waals surface area (Å²) >= 11 is 0. The maximum absolute atomic E-state index is 11.0. The van der Waals surface area contributed by atoms with E-state index in [9.17, 15) is 14.9 Å². The van der Waals surface area contributed by atoms with Crippen LogP contribution in [-0.4, -0.2) is 16.2 Å². The molecule has 0 spiro atoms. The lowest BCUT2D eigenvalue weighted by Gasteiger charge is -2.07. The largest absolute Gasteiger partial charge is 0.374 e. The van der Waals surface area contributed by atoms with Crippen LogP contribution >= 0.6 is 0 Å². The zero-order valence-corrected chi connectivity index (χ0v) is 10.9. The molecule has 1 heterocycles. The number of rotatable bonds is 5. The third kappa shape index (κ3) is 3.17. The van der Waals surface area contributed by atoms with E-state index in [0.29, 0.717) is 18.5 Å². The van der Waals surface area contributed by atoms with Crippen LogP contribution in [0.1, 0.15) is 21.7 Å². The SMILES string of the molecule is Cc1cccc(CNc2ccc(C=O)cc2[N+](=O)[O-])n1. The number of carbonyl (C=O) groups excluding carboxylic acids is 1. The first-order valence-electron chi connectivity index (χ1n) is 6.00. The van der Waals surface area contributed by atoms with Gasteiger partial charge in [-0.3, -0.25) is 19.9 Å². The molecule has 6 nitrogen and oxygen atoms in total. The number of aryl methyl sites for hydroxylation is 1. The molecule has 1 aromatic heterocycles. The fraction of sp³-hybridized carbons (Fsp3) is 0.143. The fourth-order valence-electron chi connectivity index (χ4n) is 1.81. The van der Waals surface area contributed by atoms with Crippen molar-refractivity contribution >= 4 is 17.7 Å². The molecule has 0 bridgehead atoms. The van der Waals surface area contributed by atoms with Crippen molar-refractivity contribution in [3.05, 3.63) is 63.5 Å². The number of nitro benzene ring substituents is 1. The number of pyridine rings is 1. The van der Waals surface area contributed by atoms with Gasteiger partial charge in [-0.25, -0.2) is 0 Å². The van der Waals surface area contributed by atoms with Crippen LogP contribution in [0.5, 0.6) is 0 Å². The number of nitrogens with zero attached hydrogens (tertiary/aromatic N) is 2. The molecule has 20 heavy (non-hydrogen) atoms. The molecule has 0 fully saturated rings. The number of carbonyl (C=O) groups is 1. The topological polar surface area (TPSA) is 85.1 Å². The third-order valence-corrected chi connectivity index (χ3v) is 2.76. The van der Waals surface area contributed by atoms with Gasteiger partial charge >= 0.3 is 0 Å². The molecule has 1 N–H and O–H groups in total. The number of nitro groups is 1. The van der Waals surface area contributed by atoms with Crippen molar-refractivity contribution in [2.24, 2.45) is 0 Å². The summed E-state index contributed by atoms with van der Waals surface area (Å²) in [6.45, 7) is 2.26. The van der Waals surface area contributed by atoms with Gasteiger partial charge in [0, 0.05) is 17.3 Å². The van der Waals surface area contributed by atoms with E-state index >= 15 is 0 Å². The van der Waals surface area contributed by atoms with Crippen molar-refractivity contribution in [2.45, 2.75) is 13.5 Å². The summed E-state index contributed by atoms with van der Waals surface area (Å²) in [5.74, 6) is 0. The van der Waals surface area contributed by atoms with E-state index in [2.05, 4.69) is 10.3 Å². The second-order valence-electron chi connectivity index (χ2n) is 4.28. The molecule has 102 valence electrons. The maximum Gasteiger partial charge on any atom is 0.293 e. The zero-order valence-electron chi connectivity index (χ0n) is 10.9. The van der Waals surface area contributed by atoms with Crippen LogP contribution in [0.2, 0.25) is 0 Å². The number of hydrogen-bond donors (Lipinski definition) is 1. The number of benzene rings is 1. The van der Waals surface area contributed by atoms with Crippen molar-refractivity contribution in [3.8, 4) is 0 Å². The van der Waals surface area contributed by atoms with Gasteiger partial charge in [0.2, 0.25) is 0 Å². The van der Waals surface area contributed by atoms with Crippen LogP contribution in [0.25, 0.3) is 0 Å². The van der Waals surface area contributed by atoms with Gasteiger partial charge < -0.3 is 5.32 Å². The Morgan fingerprint density at radius 1 is 1.35 bits per heavy atom. The lowest BCUT2D eigenvalue weighted by Crippen LogP contribution is -2.05. The van der Waals surface area contributed by atoms with Crippen molar-refractivity contribution in [1.29, 1.82) is 0 Å². The zero-order chi connectivity index (χ0) is 14.5. The van der Waals surface area contributed by atoms with Gasteiger partial charge in [-0.05, 0) is 31.2 Å². The van der Waals surface area contributed by atoms with Crippen molar-refractivity contribution < 1.29 is 9.72 Å². The molecule has 0 unspecified atom stereocenters. The molecule has 2 rings (SSSR count). The van der Waals surface area contributed by atoms with E-state index in [1.54, 1.807) is 0 Å². The molecule has 0 aliphatic heterocycles. The highest BCUT2D eigenvalue weighted by molar-refractivity contribution is 5.79. The van der Waals surface area contributed by atoms with Gasteiger partial charge in [-0.2, -0.15) is 0 Å². The van der Waals surface area contributed by atoms with Crippen molar-refractivity contribution in [1.82, 2.24) is 4.98 Å². The van der Waals surface area contributed by atoms with Gasteiger partial charge in [-0.15, -0.1) is 0 Å². The fourth-order valence-corrected chi connectivity index (χ4v) is 1.81. The van der Waals surface area contributed by atoms with Crippen LogP contribution in [0, 0.1) is 17.0 Å². The van der Waals surface area contributed by atoms with E-state index in [4.69, 9.17) is 0 Å². The average molecular weight is 271 g/mol. The molecule has 0 saturated carbocycles. The van der Waals surface area contributed by atoms with Crippen LogP contribution in [0.15, 0.2) is 36.4 Å². The Morgan fingerprint density at radius 3 is 2.80 bits per heavy atom. The van der Waals surface area contributed by atoms with Crippen LogP contribution in [-0.2, 0) is 6.54 Å². The Morgan fingerprint density at radius 2 is 2.15 bits per heavy atom. The first-order valence-corrected chi connectivity index (χ1v) is 6.00. The molecule has 6 heteroatoms. The van der Waals surface area contributed by atoms with E-state index in [0.717, 1.165) is 11.4 Å². The lowest BCUT2D eigenvalue weighted by atomic mass is 10.2. The molecule has 1 aromatic carbocycles. The van der Waals surface area contributed by atoms with E-state index in [1.807, 2.05) is 25.1 Å². The number of aldehydes is 1. The van der Waals surface area contributed by atoms with Gasteiger partial charge in [0.15, 0.2) is 0 Å². The maximum atomic E-state index is 11.0. The van der Waals surface area contributed by atoms with Gasteiger partial charge in [0.05, 0.1) is 17.2 Å². The summed E-state index contributed by atoms with van der Waals surface area (Å²) < 4.78 is 0. The van der Waals surface area contributed by atoms with Crippen LogP contribution < -0.4 is 5.32 Å². The smallest absolute Gasteiger partial charge is 0.293 e. The van der Waals surface area contributed by atoms with Crippen molar-refractivity contribution in [3.63, 3.8) is 0 Å².